The number of hydrogen-bond donors (Lipinski definition) is 2. The van der Waals surface area contributed by atoms with Crippen LogP contribution in [-0.4, -0.2) is 36.1 Å². The van der Waals surface area contributed by atoms with Crippen LogP contribution in [0.3, 0.4) is 0 Å². The lowest BCUT2D eigenvalue weighted by Crippen LogP contribution is -2.20. The van der Waals surface area contributed by atoms with Crippen molar-refractivity contribution in [3.63, 3.8) is 0 Å². The topological polar surface area (TPSA) is 118 Å². The first-order valence-electron chi connectivity index (χ1n) is 7.56. The van der Waals surface area contributed by atoms with Crippen LogP contribution in [0.5, 0.6) is 0 Å². The fraction of sp³-hybridized carbons (Fsp3) is 0. The molecule has 0 radical (unpaired) electrons. The second-order valence-electron chi connectivity index (χ2n) is 5.37. The third-order valence-electron chi connectivity index (χ3n) is 3.68. The number of anilines is 1. The van der Waals surface area contributed by atoms with Gasteiger partial charge in [-0.15, -0.1) is 5.10 Å². The van der Waals surface area contributed by atoms with Gasteiger partial charge in [0, 0.05) is 12.3 Å². The van der Waals surface area contributed by atoms with Gasteiger partial charge in [-0.2, -0.15) is 5.10 Å². The van der Waals surface area contributed by atoms with Gasteiger partial charge >= 0.3 is 0 Å². The summed E-state index contributed by atoms with van der Waals surface area (Å²) in [7, 11) is 0. The van der Waals surface area contributed by atoms with Gasteiger partial charge in [0.1, 0.15) is 15.8 Å². The summed E-state index contributed by atoms with van der Waals surface area (Å²) in [5, 5.41) is 17.1. The first-order chi connectivity index (χ1) is 13.0. The molecule has 3 heterocycles. The predicted octanol–water partition coefficient (Wildman–Crippen LogP) is 2.57. The fourth-order valence-electron chi connectivity index (χ4n) is 2.54. The molecule has 2 N–H and O–H groups in total. The Balaban J connectivity index is 1.78. The first-order valence-corrected chi connectivity index (χ1v) is 8.73. The van der Waals surface area contributed by atoms with E-state index in [1.807, 2.05) is 0 Å². The molecule has 0 atom stereocenters. The van der Waals surface area contributed by atoms with E-state index in [0.29, 0.717) is 26.6 Å². The van der Waals surface area contributed by atoms with Gasteiger partial charge in [0.15, 0.2) is 5.82 Å². The second kappa shape index (κ2) is 6.89. The van der Waals surface area contributed by atoms with Crippen LogP contribution in [-0.2, 0) is 0 Å². The highest BCUT2D eigenvalue weighted by Gasteiger charge is 2.20. The molecule has 27 heavy (non-hydrogen) atoms. The molecular formula is C16H9BrClN7O2. The van der Waals surface area contributed by atoms with E-state index < -0.39 is 11.5 Å². The Morgan fingerprint density at radius 2 is 2.11 bits per heavy atom. The molecule has 11 heteroatoms. The van der Waals surface area contributed by atoms with Crippen molar-refractivity contribution in [3.05, 3.63) is 68.3 Å². The van der Waals surface area contributed by atoms with Gasteiger partial charge < -0.3 is 5.32 Å². The Morgan fingerprint density at radius 1 is 1.26 bits per heavy atom. The van der Waals surface area contributed by atoms with Crippen LogP contribution in [0.1, 0.15) is 10.5 Å². The summed E-state index contributed by atoms with van der Waals surface area (Å²) in [4.78, 5) is 29.1. The molecule has 134 valence electrons. The van der Waals surface area contributed by atoms with Crippen molar-refractivity contribution in [2.24, 2.45) is 0 Å². The summed E-state index contributed by atoms with van der Waals surface area (Å²) in [6.45, 7) is 0. The SMILES string of the molecule is O=C(Nc1cccc2nn[nH]c(=O)c12)c1cc(Br)nn1-c1ncccc1Cl. The molecule has 0 saturated carbocycles. The summed E-state index contributed by atoms with van der Waals surface area (Å²) in [5.74, 6) is -0.199. The number of nitrogens with one attached hydrogen (secondary N) is 2. The Morgan fingerprint density at radius 3 is 2.93 bits per heavy atom. The normalized spacial score (nSPS) is 10.9. The van der Waals surface area contributed by atoms with E-state index in [0.717, 1.165) is 0 Å². The second-order valence-corrected chi connectivity index (χ2v) is 6.59. The van der Waals surface area contributed by atoms with Gasteiger partial charge in [0.2, 0.25) is 0 Å². The maximum atomic E-state index is 12.9. The molecule has 0 aliphatic rings. The molecule has 9 nitrogen and oxygen atoms in total. The van der Waals surface area contributed by atoms with E-state index in [9.17, 15) is 9.59 Å². The molecule has 0 saturated heterocycles. The van der Waals surface area contributed by atoms with Crippen molar-refractivity contribution in [2.75, 3.05) is 5.32 Å². The molecule has 1 aromatic carbocycles. The Labute approximate surface area is 164 Å². The lowest BCUT2D eigenvalue weighted by Gasteiger charge is -2.09. The van der Waals surface area contributed by atoms with E-state index in [1.165, 1.54) is 10.7 Å². The van der Waals surface area contributed by atoms with Crippen LogP contribution in [0.4, 0.5) is 5.69 Å². The Bertz CT molecular complexity index is 1230. The van der Waals surface area contributed by atoms with Crippen molar-refractivity contribution >= 4 is 50.0 Å². The zero-order valence-electron chi connectivity index (χ0n) is 13.3. The summed E-state index contributed by atoms with van der Waals surface area (Å²) in [5.41, 5.74) is 0.375. The number of benzene rings is 1. The van der Waals surface area contributed by atoms with Gasteiger partial charge in [-0.25, -0.2) is 14.8 Å². The standard InChI is InChI=1S/C16H9BrClN7O2/c17-12-7-11(25(23-12)14-8(18)3-2-6-19-14)15(26)20-9-4-1-5-10-13(9)16(27)22-24-21-10/h1-7H,(H,20,26)(H,21,22,27). The van der Waals surface area contributed by atoms with Crippen molar-refractivity contribution in [3.8, 4) is 5.82 Å². The van der Waals surface area contributed by atoms with E-state index in [1.54, 1.807) is 36.5 Å². The average molecular weight is 447 g/mol. The third kappa shape index (κ3) is 3.20. The quantitative estimate of drug-likeness (QED) is 0.499. The Hall–Kier alpha value is -3.11. The number of aromatic amines is 1. The molecule has 3 aromatic heterocycles. The number of rotatable bonds is 3. The third-order valence-corrected chi connectivity index (χ3v) is 4.36. The molecule has 4 aromatic rings. The van der Waals surface area contributed by atoms with Gasteiger partial charge in [-0.1, -0.05) is 22.9 Å². The number of carbonyl (C=O) groups excluding carboxylic acids is 1. The van der Waals surface area contributed by atoms with Crippen molar-refractivity contribution in [1.29, 1.82) is 0 Å². The van der Waals surface area contributed by atoms with Gasteiger partial charge in [0.25, 0.3) is 11.5 Å². The highest BCUT2D eigenvalue weighted by molar-refractivity contribution is 9.10. The number of hydrogen-bond acceptors (Lipinski definition) is 6. The minimum absolute atomic E-state index is 0.179. The van der Waals surface area contributed by atoms with Crippen LogP contribution in [0, 0.1) is 0 Å². The first kappa shape index (κ1) is 17.3. The molecule has 0 fully saturated rings. The number of H-pyrrole nitrogens is 1. The number of carbonyl (C=O) groups is 1. The summed E-state index contributed by atoms with van der Waals surface area (Å²) in [6.07, 6.45) is 1.54. The molecule has 1 amide bonds. The number of pyridine rings is 1. The number of aromatic nitrogens is 6. The van der Waals surface area contributed by atoms with E-state index >= 15 is 0 Å². The van der Waals surface area contributed by atoms with Gasteiger partial charge in [-0.3, -0.25) is 9.59 Å². The zero-order valence-corrected chi connectivity index (χ0v) is 15.7. The van der Waals surface area contributed by atoms with Crippen LogP contribution < -0.4 is 10.9 Å². The minimum Gasteiger partial charge on any atom is -0.320 e. The fourth-order valence-corrected chi connectivity index (χ4v) is 3.12. The maximum absolute atomic E-state index is 12.9. The van der Waals surface area contributed by atoms with E-state index in [4.69, 9.17) is 11.6 Å². The van der Waals surface area contributed by atoms with Crippen molar-refractivity contribution in [2.45, 2.75) is 0 Å². The zero-order chi connectivity index (χ0) is 19.0. The molecular weight excluding hydrogens is 438 g/mol. The number of halogens is 2. The van der Waals surface area contributed by atoms with E-state index in [-0.39, 0.29) is 11.1 Å². The van der Waals surface area contributed by atoms with Gasteiger partial charge in [0.05, 0.1) is 16.1 Å². The number of nitrogens with zero attached hydrogens (tertiary/aromatic N) is 5. The van der Waals surface area contributed by atoms with Crippen molar-refractivity contribution < 1.29 is 4.79 Å². The largest absolute Gasteiger partial charge is 0.320 e. The predicted molar refractivity (Wildman–Crippen MR) is 102 cm³/mol. The van der Waals surface area contributed by atoms with Crippen LogP contribution in [0.15, 0.2) is 52.0 Å². The van der Waals surface area contributed by atoms with Crippen LogP contribution in [0.25, 0.3) is 16.7 Å². The van der Waals surface area contributed by atoms with Crippen molar-refractivity contribution in [1.82, 2.24) is 30.2 Å². The molecule has 0 unspecified atom stereocenters. The molecule has 0 aliphatic carbocycles. The summed E-state index contributed by atoms with van der Waals surface area (Å²) in [6, 6.07) is 9.73. The molecule has 0 aliphatic heterocycles. The molecule has 4 rings (SSSR count). The number of amides is 1. The molecule has 0 spiro atoms. The Kier molecular flexibility index (Phi) is 4.42. The molecule has 0 bridgehead atoms. The van der Waals surface area contributed by atoms with Crippen LogP contribution >= 0.6 is 27.5 Å². The summed E-state index contributed by atoms with van der Waals surface area (Å²) < 4.78 is 1.74. The number of fused-ring (bicyclic) bond motifs is 1. The van der Waals surface area contributed by atoms with E-state index in [2.05, 4.69) is 46.7 Å². The van der Waals surface area contributed by atoms with Gasteiger partial charge in [-0.05, 0) is 40.2 Å². The monoisotopic (exact) mass is 445 g/mol. The minimum atomic E-state index is -0.501. The lowest BCUT2D eigenvalue weighted by molar-refractivity contribution is 0.101. The summed E-state index contributed by atoms with van der Waals surface area (Å²) >= 11 is 9.43. The smallest absolute Gasteiger partial charge is 0.277 e. The highest BCUT2D eigenvalue weighted by Crippen LogP contribution is 2.23. The lowest BCUT2D eigenvalue weighted by atomic mass is 10.2. The average Bonchev–Trinajstić information content (AvgIpc) is 3.04. The van der Waals surface area contributed by atoms with Crippen LogP contribution in [0.2, 0.25) is 5.02 Å². The maximum Gasteiger partial charge on any atom is 0.277 e. The highest BCUT2D eigenvalue weighted by atomic mass is 79.9.